The minimum atomic E-state index is 0.546. The van der Waals surface area contributed by atoms with Gasteiger partial charge in [-0.15, -0.1) is 0 Å². The predicted octanol–water partition coefficient (Wildman–Crippen LogP) is 4.77. The van der Waals surface area contributed by atoms with Crippen molar-refractivity contribution in [3.8, 4) is 0 Å². The lowest BCUT2D eigenvalue weighted by Gasteiger charge is -2.26. The summed E-state index contributed by atoms with van der Waals surface area (Å²) in [6.45, 7) is 15.3. The third-order valence-corrected chi connectivity index (χ3v) is 4.86. The molecule has 3 atom stereocenters. The van der Waals surface area contributed by atoms with E-state index in [1.54, 1.807) is 0 Å². The molecule has 0 bridgehead atoms. The molecule has 3 heteroatoms. The normalized spacial score (nSPS) is 24.9. The maximum absolute atomic E-state index is 4.64. The van der Waals surface area contributed by atoms with E-state index in [4.69, 9.17) is 0 Å². The molecule has 3 unspecified atom stereocenters. The highest BCUT2D eigenvalue weighted by atomic mass is 32.1. The Bertz CT molecular complexity index is 400. The van der Waals surface area contributed by atoms with E-state index in [1.165, 1.54) is 24.8 Å². The highest BCUT2D eigenvalue weighted by Crippen LogP contribution is 2.25. The van der Waals surface area contributed by atoms with Gasteiger partial charge in [0.05, 0.1) is 0 Å². The summed E-state index contributed by atoms with van der Waals surface area (Å²) in [7, 11) is 0. The topological polar surface area (TPSA) is 15.3 Å². The minimum Gasteiger partial charge on any atom is -0.365 e. The summed E-state index contributed by atoms with van der Waals surface area (Å²) in [6.07, 6.45) is 10.9. The van der Waals surface area contributed by atoms with Crippen LogP contribution in [0.1, 0.15) is 53.4 Å². The quantitative estimate of drug-likeness (QED) is 0.469. The van der Waals surface area contributed by atoms with E-state index in [0.29, 0.717) is 17.2 Å². The predicted molar refractivity (Wildman–Crippen MR) is 102 cm³/mol. The van der Waals surface area contributed by atoms with Gasteiger partial charge in [-0.05, 0) is 38.2 Å². The average Bonchev–Trinajstić information content (AvgIpc) is 2.79. The van der Waals surface area contributed by atoms with E-state index >= 15 is 0 Å². The molecule has 1 aliphatic rings. The molecule has 0 aromatic heterocycles. The summed E-state index contributed by atoms with van der Waals surface area (Å²) >= 11 is 4.64. The summed E-state index contributed by atoms with van der Waals surface area (Å²) in [5.74, 6) is 0.597. The number of thiol groups is 1. The lowest BCUT2D eigenvalue weighted by molar-refractivity contribution is 0.243. The van der Waals surface area contributed by atoms with E-state index in [9.17, 15) is 0 Å². The van der Waals surface area contributed by atoms with Crippen LogP contribution in [0.2, 0.25) is 0 Å². The Labute approximate surface area is 143 Å². The fourth-order valence-electron chi connectivity index (χ4n) is 3.01. The van der Waals surface area contributed by atoms with Gasteiger partial charge in [0.15, 0.2) is 0 Å². The highest BCUT2D eigenvalue weighted by molar-refractivity contribution is 7.81. The molecule has 0 radical (unpaired) electrons. The molecular weight excluding hydrogens is 288 g/mol. The van der Waals surface area contributed by atoms with Crippen molar-refractivity contribution >= 4 is 12.6 Å². The molecule has 0 saturated carbocycles. The number of rotatable bonds is 9. The number of nitrogens with zero attached hydrogens (tertiary/aromatic N) is 1. The zero-order valence-electron chi connectivity index (χ0n) is 14.8. The molecule has 1 saturated heterocycles. The first kappa shape index (κ1) is 19.4. The first-order valence-corrected chi connectivity index (χ1v) is 9.21. The number of nitrogens with one attached hydrogen (secondary N) is 1. The van der Waals surface area contributed by atoms with Gasteiger partial charge >= 0.3 is 0 Å². The highest BCUT2D eigenvalue weighted by Gasteiger charge is 2.27. The first-order chi connectivity index (χ1) is 10.5. The molecule has 1 fully saturated rings. The summed E-state index contributed by atoms with van der Waals surface area (Å²) in [6, 6.07) is 0.665. The second-order valence-corrected chi connectivity index (χ2v) is 7.28. The van der Waals surface area contributed by atoms with Crippen molar-refractivity contribution in [1.29, 1.82) is 0 Å². The fourth-order valence-corrected chi connectivity index (χ4v) is 3.53. The molecule has 1 heterocycles. The van der Waals surface area contributed by atoms with Gasteiger partial charge in [0.2, 0.25) is 0 Å². The molecule has 126 valence electrons. The van der Waals surface area contributed by atoms with Gasteiger partial charge in [-0.2, -0.15) is 12.6 Å². The summed E-state index contributed by atoms with van der Waals surface area (Å²) in [4.78, 5) is 2.59. The van der Waals surface area contributed by atoms with Crippen molar-refractivity contribution in [2.45, 2.75) is 64.7 Å². The molecule has 0 amide bonds. The van der Waals surface area contributed by atoms with Crippen LogP contribution in [0.4, 0.5) is 0 Å². The third-order valence-electron chi connectivity index (χ3n) is 4.48. The largest absolute Gasteiger partial charge is 0.365 e. The van der Waals surface area contributed by atoms with Crippen molar-refractivity contribution in [2.75, 3.05) is 13.1 Å². The molecule has 2 nitrogen and oxygen atoms in total. The Kier molecular flexibility index (Phi) is 8.96. The van der Waals surface area contributed by atoms with Crippen LogP contribution in [0.3, 0.4) is 0 Å². The van der Waals surface area contributed by atoms with Gasteiger partial charge in [-0.3, -0.25) is 4.90 Å². The number of likely N-dealkylation sites (tertiary alicyclic amines) is 1. The molecule has 22 heavy (non-hydrogen) atoms. The molecule has 1 N–H and O–H groups in total. The van der Waals surface area contributed by atoms with Crippen molar-refractivity contribution < 1.29 is 0 Å². The average molecular weight is 323 g/mol. The third kappa shape index (κ3) is 6.62. The molecule has 0 aliphatic carbocycles. The molecule has 0 aromatic carbocycles. The standard InChI is InChI=1S/C19H34N2S/c1-6-9-18(10-8-11-20-16(4)7-2)15(3)13-21-14-19(22)12-17(21)5/h8,10-11,15,17,19-20,22H,4,6-7,9,12-14H2,1-3,5H3/b11-8+,18-10+. The van der Waals surface area contributed by atoms with Gasteiger partial charge in [0, 0.05) is 36.3 Å². The number of hydrogen-bond acceptors (Lipinski definition) is 3. The van der Waals surface area contributed by atoms with Gasteiger partial charge < -0.3 is 5.32 Å². The van der Waals surface area contributed by atoms with Crippen molar-refractivity contribution in [3.63, 3.8) is 0 Å². The second-order valence-electron chi connectivity index (χ2n) is 6.55. The number of allylic oxidation sites excluding steroid dienone is 3. The van der Waals surface area contributed by atoms with Crippen LogP contribution in [0, 0.1) is 5.92 Å². The Hall–Kier alpha value is -0.670. The van der Waals surface area contributed by atoms with Gasteiger partial charge in [-0.25, -0.2) is 0 Å². The Morgan fingerprint density at radius 3 is 2.73 bits per heavy atom. The fraction of sp³-hybridized carbons (Fsp3) is 0.684. The van der Waals surface area contributed by atoms with Crippen LogP contribution >= 0.6 is 12.6 Å². The molecule has 0 spiro atoms. The smallest absolute Gasteiger partial charge is 0.0159 e. The van der Waals surface area contributed by atoms with Crippen LogP contribution in [0.25, 0.3) is 0 Å². The Balaban J connectivity index is 2.58. The zero-order chi connectivity index (χ0) is 16.5. The van der Waals surface area contributed by atoms with Crippen LogP contribution in [0.15, 0.2) is 36.2 Å². The van der Waals surface area contributed by atoms with Crippen molar-refractivity contribution in [2.24, 2.45) is 5.92 Å². The Morgan fingerprint density at radius 1 is 1.45 bits per heavy atom. The molecule has 1 rings (SSSR count). The van der Waals surface area contributed by atoms with Crippen molar-refractivity contribution in [3.05, 3.63) is 36.2 Å². The maximum atomic E-state index is 4.64. The van der Waals surface area contributed by atoms with Crippen LogP contribution in [-0.4, -0.2) is 29.3 Å². The lowest BCUT2D eigenvalue weighted by Crippen LogP contribution is -2.32. The summed E-state index contributed by atoms with van der Waals surface area (Å²) < 4.78 is 0. The molecule has 0 aromatic rings. The monoisotopic (exact) mass is 322 g/mol. The molecular formula is C19H34N2S. The summed E-state index contributed by atoms with van der Waals surface area (Å²) in [5.41, 5.74) is 2.60. The summed E-state index contributed by atoms with van der Waals surface area (Å²) in [5, 5.41) is 3.76. The van der Waals surface area contributed by atoms with E-state index in [2.05, 4.69) is 69.3 Å². The van der Waals surface area contributed by atoms with Gasteiger partial charge in [0.1, 0.15) is 0 Å². The van der Waals surface area contributed by atoms with E-state index in [1.807, 2.05) is 6.20 Å². The zero-order valence-corrected chi connectivity index (χ0v) is 15.7. The number of hydrogen-bond donors (Lipinski definition) is 2. The lowest BCUT2D eigenvalue weighted by atomic mass is 9.95. The van der Waals surface area contributed by atoms with Crippen LogP contribution < -0.4 is 5.32 Å². The van der Waals surface area contributed by atoms with E-state index < -0.39 is 0 Å². The van der Waals surface area contributed by atoms with Crippen molar-refractivity contribution in [1.82, 2.24) is 10.2 Å². The van der Waals surface area contributed by atoms with Crippen LogP contribution in [-0.2, 0) is 0 Å². The SMILES string of the molecule is C=C(CC)N/C=C/C=C(\CCC)C(C)CN1CC(S)CC1C. The van der Waals surface area contributed by atoms with E-state index in [0.717, 1.165) is 25.2 Å². The van der Waals surface area contributed by atoms with Gasteiger partial charge in [0.25, 0.3) is 0 Å². The maximum Gasteiger partial charge on any atom is 0.0159 e. The second kappa shape index (κ2) is 10.2. The minimum absolute atomic E-state index is 0.546. The molecule has 1 aliphatic heterocycles. The first-order valence-electron chi connectivity index (χ1n) is 8.69. The Morgan fingerprint density at radius 2 is 2.18 bits per heavy atom. The van der Waals surface area contributed by atoms with Gasteiger partial charge in [-0.1, -0.05) is 45.4 Å². The van der Waals surface area contributed by atoms with Crippen LogP contribution in [0.5, 0.6) is 0 Å². The van der Waals surface area contributed by atoms with E-state index in [-0.39, 0.29) is 0 Å².